The highest BCUT2D eigenvalue weighted by Gasteiger charge is 2.07. The van der Waals surface area contributed by atoms with Gasteiger partial charge in [-0.15, -0.1) is 0 Å². The van der Waals surface area contributed by atoms with E-state index in [0.717, 1.165) is 11.2 Å². The summed E-state index contributed by atoms with van der Waals surface area (Å²) < 4.78 is 5.84. The van der Waals surface area contributed by atoms with Crippen molar-refractivity contribution in [2.75, 3.05) is 0 Å². The van der Waals surface area contributed by atoms with Crippen LogP contribution < -0.4 is 0 Å². The van der Waals surface area contributed by atoms with E-state index in [0.29, 0.717) is 0 Å². The van der Waals surface area contributed by atoms with E-state index in [1.165, 1.54) is 21.9 Å². The van der Waals surface area contributed by atoms with Crippen molar-refractivity contribution in [1.82, 2.24) is 0 Å². The lowest BCUT2D eigenvalue weighted by Crippen LogP contribution is -1.80. The summed E-state index contributed by atoms with van der Waals surface area (Å²) in [5.41, 5.74) is 4.35. The van der Waals surface area contributed by atoms with Crippen molar-refractivity contribution in [2.45, 2.75) is 55.4 Å². The molecule has 1 heterocycles. The zero-order chi connectivity index (χ0) is 19.2. The van der Waals surface area contributed by atoms with Crippen LogP contribution in [0.1, 0.15) is 61.0 Å². The van der Waals surface area contributed by atoms with Crippen molar-refractivity contribution in [1.29, 1.82) is 0 Å². The van der Waals surface area contributed by atoms with Gasteiger partial charge in [0.15, 0.2) is 0 Å². The Bertz CT molecular complexity index is 788. The normalized spacial score (nSPS) is 10.5. The first-order valence-corrected chi connectivity index (χ1v) is 9.54. The first kappa shape index (κ1) is 22.7. The molecule has 1 heteroatoms. The Labute approximate surface area is 154 Å². The second kappa shape index (κ2) is 13.1. The maximum atomic E-state index is 5.84. The van der Waals surface area contributed by atoms with Crippen molar-refractivity contribution in [3.8, 4) is 0 Å². The summed E-state index contributed by atoms with van der Waals surface area (Å²) in [6.45, 7) is 16.1. The van der Waals surface area contributed by atoms with Gasteiger partial charge in [-0.2, -0.15) is 0 Å². The summed E-state index contributed by atoms with van der Waals surface area (Å²) in [6, 6.07) is 14.5. The van der Waals surface area contributed by atoms with Gasteiger partial charge in [0.2, 0.25) is 0 Å². The topological polar surface area (TPSA) is 13.1 Å². The number of benzene rings is 2. The summed E-state index contributed by atoms with van der Waals surface area (Å²) >= 11 is 0. The maximum Gasteiger partial charge on any atom is 0.135 e. The van der Waals surface area contributed by atoms with Gasteiger partial charge in [0, 0.05) is 10.8 Å². The van der Waals surface area contributed by atoms with Crippen LogP contribution in [-0.2, 0) is 0 Å². The lowest BCUT2D eigenvalue weighted by molar-refractivity contribution is 0.669. The molecule has 0 N–H and O–H groups in total. The highest BCUT2D eigenvalue weighted by atomic mass is 16.3. The highest BCUT2D eigenvalue weighted by Crippen LogP contribution is 2.31. The average Bonchev–Trinajstić information content (AvgIpc) is 3.08. The Morgan fingerprint density at radius 3 is 1.96 bits per heavy atom. The lowest BCUT2D eigenvalue weighted by Gasteiger charge is -2.01. The minimum Gasteiger partial charge on any atom is -0.456 e. The van der Waals surface area contributed by atoms with Crippen molar-refractivity contribution in [3.05, 3.63) is 66.3 Å². The third-order valence-corrected chi connectivity index (χ3v) is 3.37. The van der Waals surface area contributed by atoms with Gasteiger partial charge >= 0.3 is 0 Å². The molecule has 1 aromatic heterocycles. The van der Waals surface area contributed by atoms with E-state index in [1.807, 2.05) is 66.7 Å². The third kappa shape index (κ3) is 5.63. The van der Waals surface area contributed by atoms with Crippen molar-refractivity contribution < 1.29 is 4.42 Å². The van der Waals surface area contributed by atoms with Gasteiger partial charge < -0.3 is 4.42 Å². The van der Waals surface area contributed by atoms with Gasteiger partial charge in [0.1, 0.15) is 11.2 Å². The van der Waals surface area contributed by atoms with Crippen molar-refractivity contribution in [3.63, 3.8) is 0 Å². The summed E-state index contributed by atoms with van der Waals surface area (Å²) in [5, 5.41) is 2.35. The molecule has 136 valence electrons. The van der Waals surface area contributed by atoms with Crippen molar-refractivity contribution in [2.24, 2.45) is 0 Å². The SMILES string of the molecule is C/C=C\C(=C/C)c1ccc2oc3ccccc3c2c1.CC.CC.CC. The quantitative estimate of drug-likeness (QED) is 0.426. The Kier molecular flexibility index (Phi) is 11.9. The molecule has 0 aliphatic carbocycles. The fraction of sp³-hybridized carbons (Fsp3) is 0.333. The van der Waals surface area contributed by atoms with E-state index in [-0.39, 0.29) is 0 Å². The monoisotopic (exact) mass is 338 g/mol. The minimum absolute atomic E-state index is 0.945. The van der Waals surface area contributed by atoms with E-state index in [9.17, 15) is 0 Å². The molecule has 0 spiro atoms. The number of rotatable bonds is 2. The minimum atomic E-state index is 0.945. The maximum absolute atomic E-state index is 5.84. The molecule has 0 saturated heterocycles. The molecule has 3 rings (SSSR count). The van der Waals surface area contributed by atoms with Crippen LogP contribution in [0.2, 0.25) is 0 Å². The molecule has 0 aliphatic heterocycles. The smallest absolute Gasteiger partial charge is 0.135 e. The van der Waals surface area contributed by atoms with Crippen LogP contribution in [0.5, 0.6) is 0 Å². The predicted octanol–water partition coefficient (Wildman–Crippen LogP) is 8.64. The Morgan fingerprint density at radius 1 is 0.760 bits per heavy atom. The molecule has 0 radical (unpaired) electrons. The summed E-state index contributed by atoms with van der Waals surface area (Å²) in [6.07, 6.45) is 6.32. The van der Waals surface area contributed by atoms with Gasteiger partial charge in [-0.05, 0) is 43.2 Å². The van der Waals surface area contributed by atoms with Crippen molar-refractivity contribution >= 4 is 27.5 Å². The molecule has 25 heavy (non-hydrogen) atoms. The molecule has 0 aliphatic rings. The number of hydrogen-bond donors (Lipinski definition) is 0. The van der Waals surface area contributed by atoms with E-state index in [4.69, 9.17) is 4.42 Å². The highest BCUT2D eigenvalue weighted by molar-refractivity contribution is 6.05. The number of allylic oxidation sites excluding steroid dienone is 4. The number of furan rings is 1. The standard InChI is InChI=1S/C18H16O.3C2H6/c1-3-7-13(4-2)14-10-11-18-16(12-14)15-8-5-6-9-17(15)19-18;3*1-2/h3-12H,1-2H3;3*1-2H3/b7-3-,13-4+;;;. The first-order valence-electron chi connectivity index (χ1n) is 9.54. The Hall–Kier alpha value is -2.28. The number of fused-ring (bicyclic) bond motifs is 3. The summed E-state index contributed by atoms with van der Waals surface area (Å²) in [4.78, 5) is 0. The molecule has 0 bridgehead atoms. The van der Waals surface area contributed by atoms with Gasteiger partial charge in [0.25, 0.3) is 0 Å². The zero-order valence-electron chi connectivity index (χ0n) is 17.2. The van der Waals surface area contributed by atoms with E-state index < -0.39 is 0 Å². The molecular formula is C24H34O. The number of hydrogen-bond acceptors (Lipinski definition) is 1. The molecule has 0 fully saturated rings. The van der Waals surface area contributed by atoms with Gasteiger partial charge in [0.05, 0.1) is 0 Å². The molecule has 3 aromatic rings. The summed E-state index contributed by atoms with van der Waals surface area (Å²) in [5.74, 6) is 0. The third-order valence-electron chi connectivity index (χ3n) is 3.37. The molecule has 2 aromatic carbocycles. The van der Waals surface area contributed by atoms with E-state index >= 15 is 0 Å². The Balaban J connectivity index is 0.000000871. The largest absolute Gasteiger partial charge is 0.456 e. The average molecular weight is 339 g/mol. The van der Waals surface area contributed by atoms with Gasteiger partial charge in [-0.25, -0.2) is 0 Å². The van der Waals surface area contributed by atoms with Crippen LogP contribution >= 0.6 is 0 Å². The first-order chi connectivity index (χ1) is 12.3. The fourth-order valence-corrected chi connectivity index (χ4v) is 2.44. The second-order valence-electron chi connectivity index (χ2n) is 4.55. The molecular weight excluding hydrogens is 304 g/mol. The second-order valence-corrected chi connectivity index (χ2v) is 4.55. The molecule has 1 nitrogen and oxygen atoms in total. The van der Waals surface area contributed by atoms with Crippen LogP contribution in [0.4, 0.5) is 0 Å². The molecule has 0 saturated carbocycles. The van der Waals surface area contributed by atoms with Gasteiger partial charge in [-0.3, -0.25) is 0 Å². The van der Waals surface area contributed by atoms with E-state index in [1.54, 1.807) is 0 Å². The van der Waals surface area contributed by atoms with Gasteiger partial charge in [-0.1, -0.05) is 84.0 Å². The fourth-order valence-electron chi connectivity index (χ4n) is 2.44. The predicted molar refractivity (Wildman–Crippen MR) is 116 cm³/mol. The number of para-hydroxylation sites is 1. The van der Waals surface area contributed by atoms with E-state index in [2.05, 4.69) is 49.4 Å². The Morgan fingerprint density at radius 2 is 1.36 bits per heavy atom. The van der Waals surface area contributed by atoms with Crippen LogP contribution in [0.15, 0.2) is 65.1 Å². The summed E-state index contributed by atoms with van der Waals surface area (Å²) in [7, 11) is 0. The molecule has 0 unspecified atom stereocenters. The van der Waals surface area contributed by atoms with Crippen LogP contribution in [-0.4, -0.2) is 0 Å². The van der Waals surface area contributed by atoms with Crippen LogP contribution in [0.25, 0.3) is 27.5 Å². The zero-order valence-corrected chi connectivity index (χ0v) is 17.2. The lowest BCUT2D eigenvalue weighted by atomic mass is 10.0. The molecule has 0 atom stereocenters. The van der Waals surface area contributed by atoms with Crippen LogP contribution in [0.3, 0.4) is 0 Å². The molecule has 0 amide bonds. The van der Waals surface area contributed by atoms with Crippen LogP contribution in [0, 0.1) is 0 Å².